The fraction of sp³-hybridized carbons (Fsp3) is 0.143. The molecule has 1 heterocycles. The molecule has 2 aliphatic rings. The molecule has 234 valence electrons. The zero-order valence-corrected chi connectivity index (χ0v) is 31.1. The number of allylic oxidation sites excluding steroid dienone is 2. The van der Waals surface area contributed by atoms with Crippen molar-refractivity contribution in [2.75, 3.05) is 0 Å². The number of nitriles is 4. The Morgan fingerprint density at radius 2 is 0.776 bits per heavy atom. The van der Waals surface area contributed by atoms with Crippen LogP contribution in [0.25, 0.3) is 55.7 Å². The van der Waals surface area contributed by atoms with E-state index >= 15 is 0 Å². The maximum Gasteiger partial charge on any atom is 0.138 e. The molecule has 0 spiro atoms. The second kappa shape index (κ2) is 11.6. The van der Waals surface area contributed by atoms with E-state index in [1.807, 2.05) is 0 Å². The molecule has 0 N–H and O–H groups in total. The Morgan fingerprint density at radius 1 is 0.449 bits per heavy atom. The van der Waals surface area contributed by atoms with Gasteiger partial charge in [0.15, 0.2) is 0 Å². The lowest BCUT2D eigenvalue weighted by molar-refractivity contribution is 1.46. The van der Waals surface area contributed by atoms with Crippen molar-refractivity contribution in [3.05, 3.63) is 117 Å². The number of hydrogen-bond donors (Lipinski definition) is 0. The Labute approximate surface area is 293 Å². The van der Waals surface area contributed by atoms with Gasteiger partial charge in [0.1, 0.15) is 35.4 Å². The molecule has 4 nitrogen and oxygen atoms in total. The first-order valence-corrected chi connectivity index (χ1v) is 24.0. The molecule has 2 aliphatic carbocycles. The fourth-order valence-electron chi connectivity index (χ4n) is 6.93. The maximum atomic E-state index is 10.1. The van der Waals surface area contributed by atoms with E-state index < -0.39 is 16.1 Å². The molecule has 0 saturated heterocycles. The van der Waals surface area contributed by atoms with E-state index in [9.17, 15) is 21.0 Å². The van der Waals surface area contributed by atoms with Crippen LogP contribution in [-0.4, -0.2) is 16.1 Å². The van der Waals surface area contributed by atoms with Crippen LogP contribution >= 0.6 is 11.3 Å². The molecule has 0 bridgehead atoms. The monoisotopic (exact) mass is 680 g/mol. The van der Waals surface area contributed by atoms with Gasteiger partial charge < -0.3 is 0 Å². The average Bonchev–Trinajstić information content (AvgIpc) is 3.71. The van der Waals surface area contributed by atoms with Crippen LogP contribution in [0, 0.1) is 45.3 Å². The Kier molecular flexibility index (Phi) is 7.55. The van der Waals surface area contributed by atoms with Crippen molar-refractivity contribution in [1.29, 1.82) is 21.0 Å². The van der Waals surface area contributed by atoms with Crippen molar-refractivity contribution in [2.24, 2.45) is 0 Å². The van der Waals surface area contributed by atoms with E-state index in [1.165, 1.54) is 21.7 Å². The molecule has 0 amide bonds. The maximum absolute atomic E-state index is 10.1. The van der Waals surface area contributed by atoms with Crippen molar-refractivity contribution < 1.29 is 0 Å². The van der Waals surface area contributed by atoms with E-state index in [2.05, 4.69) is 148 Å². The Hall–Kier alpha value is -5.55. The zero-order valence-electron chi connectivity index (χ0n) is 28.3. The summed E-state index contributed by atoms with van der Waals surface area (Å²) in [4.78, 5) is 1.66. The number of hydrogen-bond acceptors (Lipinski definition) is 5. The molecule has 0 radical (unpaired) electrons. The minimum atomic E-state index is -1.46. The molecule has 49 heavy (non-hydrogen) atoms. The van der Waals surface area contributed by atoms with Gasteiger partial charge in [-0.3, -0.25) is 0 Å². The molecule has 0 fully saturated rings. The lowest BCUT2D eigenvalue weighted by atomic mass is 9.94. The van der Waals surface area contributed by atoms with Crippen molar-refractivity contribution in [3.8, 4) is 68.8 Å². The predicted octanol–water partition coefficient (Wildman–Crippen LogP) is 9.83. The first-order chi connectivity index (χ1) is 23.4. The third-order valence-electron chi connectivity index (χ3n) is 9.59. The lowest BCUT2D eigenvalue weighted by Gasteiger charge is -2.17. The van der Waals surface area contributed by atoms with Crippen LogP contribution in [0.4, 0.5) is 0 Å². The summed E-state index contributed by atoms with van der Waals surface area (Å²) in [6.45, 7) is 14.0. The Morgan fingerprint density at radius 3 is 1.08 bits per heavy atom. The predicted molar refractivity (Wildman–Crippen MR) is 207 cm³/mol. The summed E-state index contributed by atoms with van der Waals surface area (Å²) in [6, 6.07) is 38.7. The second-order valence-electron chi connectivity index (χ2n) is 14.6. The van der Waals surface area contributed by atoms with E-state index in [4.69, 9.17) is 0 Å². The molecular weight excluding hydrogens is 649 g/mol. The summed E-state index contributed by atoms with van der Waals surface area (Å²) in [5.41, 5.74) is 11.0. The summed E-state index contributed by atoms with van der Waals surface area (Å²) >= 11 is 1.46. The van der Waals surface area contributed by atoms with E-state index in [1.54, 1.807) is 0 Å². The highest BCUT2D eigenvalue weighted by Gasteiger charge is 2.39. The molecular formula is C42H32N4SSi2. The summed E-state index contributed by atoms with van der Waals surface area (Å²) < 4.78 is 0. The summed E-state index contributed by atoms with van der Waals surface area (Å²) in [5, 5.41) is 43.3. The average molecular weight is 681 g/mol. The molecule has 7 heteroatoms. The smallest absolute Gasteiger partial charge is 0.138 e. The van der Waals surface area contributed by atoms with Gasteiger partial charge in [0, 0.05) is 32.0 Å². The molecule has 4 aromatic carbocycles. The third kappa shape index (κ3) is 5.12. The molecule has 0 atom stereocenters. The zero-order chi connectivity index (χ0) is 34.8. The standard InChI is InChI=1S/C42H32N4SSi2/c1-48(2,3)31-13-7-25(8-14-31)27-11-17-33-35(19-27)37(29(21-43)22-44)41-39(33)40-34-18-12-28(26-9-15-32(16-10-26)49(4,5)6)20-36(34)38(42(40)47-41)30(23-45)24-46/h7-20H,1-6H3. The highest BCUT2D eigenvalue weighted by atomic mass is 32.1. The van der Waals surface area contributed by atoms with Crippen molar-refractivity contribution in [1.82, 2.24) is 0 Å². The van der Waals surface area contributed by atoms with E-state index in [-0.39, 0.29) is 11.1 Å². The summed E-state index contributed by atoms with van der Waals surface area (Å²) in [6.07, 6.45) is 0. The van der Waals surface area contributed by atoms with Gasteiger partial charge in [-0.2, -0.15) is 21.0 Å². The lowest BCUT2D eigenvalue weighted by Crippen LogP contribution is -2.37. The fourth-order valence-corrected chi connectivity index (χ4v) is 10.7. The summed E-state index contributed by atoms with van der Waals surface area (Å²) in [7, 11) is -2.91. The third-order valence-corrected chi connectivity index (χ3v) is 15.0. The van der Waals surface area contributed by atoms with Crippen molar-refractivity contribution >= 4 is 49.0 Å². The quantitative estimate of drug-likeness (QED) is 0.137. The molecule has 0 aliphatic heterocycles. The van der Waals surface area contributed by atoms with Crippen LogP contribution in [0.2, 0.25) is 39.3 Å². The number of thiophene rings is 1. The largest absolute Gasteiger partial charge is 0.192 e. The number of nitrogens with zero attached hydrogens (tertiary/aromatic N) is 4. The second-order valence-corrected chi connectivity index (χ2v) is 25.8. The number of benzene rings is 4. The minimum absolute atomic E-state index is 0.0507. The van der Waals surface area contributed by atoms with Gasteiger partial charge in [0.25, 0.3) is 0 Å². The number of fused-ring (bicyclic) bond motifs is 7. The first-order valence-electron chi connectivity index (χ1n) is 16.2. The molecule has 0 unspecified atom stereocenters. The highest BCUT2D eigenvalue weighted by Crippen LogP contribution is 2.61. The topological polar surface area (TPSA) is 95.2 Å². The van der Waals surface area contributed by atoms with Crippen molar-refractivity contribution in [2.45, 2.75) is 39.3 Å². The van der Waals surface area contributed by atoms with Crippen molar-refractivity contribution in [3.63, 3.8) is 0 Å². The first kappa shape index (κ1) is 32.0. The molecule has 7 rings (SSSR count). The van der Waals surface area contributed by atoms with Crippen LogP contribution in [0.5, 0.6) is 0 Å². The van der Waals surface area contributed by atoms with Gasteiger partial charge in [0.2, 0.25) is 0 Å². The van der Waals surface area contributed by atoms with E-state index in [0.717, 1.165) is 65.4 Å². The minimum Gasteiger partial charge on any atom is -0.192 e. The van der Waals surface area contributed by atoms with Gasteiger partial charge in [0.05, 0.1) is 16.1 Å². The molecule has 5 aromatic rings. The van der Waals surface area contributed by atoms with Crippen LogP contribution in [-0.2, 0) is 0 Å². The highest BCUT2D eigenvalue weighted by molar-refractivity contribution is 7.16. The van der Waals surface area contributed by atoms with Crippen LogP contribution < -0.4 is 10.4 Å². The van der Waals surface area contributed by atoms with Gasteiger partial charge in [-0.1, -0.05) is 122 Å². The Balaban J connectivity index is 1.44. The van der Waals surface area contributed by atoms with Gasteiger partial charge in [-0.05, 0) is 56.6 Å². The summed E-state index contributed by atoms with van der Waals surface area (Å²) in [5.74, 6) is 0. The SMILES string of the molecule is C[Si](C)(C)c1ccc(-c2ccc3c(c2)C(=C(C#N)C#N)c2sc4c(c2-3)-c2ccc(-c3ccc([Si](C)(C)C)cc3)cc2C4=C(C#N)C#N)cc1. The van der Waals surface area contributed by atoms with Crippen LogP contribution in [0.3, 0.4) is 0 Å². The van der Waals surface area contributed by atoms with Gasteiger partial charge in [-0.15, -0.1) is 11.3 Å². The van der Waals surface area contributed by atoms with Gasteiger partial charge >= 0.3 is 0 Å². The normalized spacial score (nSPS) is 12.5. The Bertz CT molecular complexity index is 2270. The molecule has 1 aromatic heterocycles. The number of rotatable bonds is 4. The van der Waals surface area contributed by atoms with Crippen LogP contribution in [0.1, 0.15) is 20.9 Å². The van der Waals surface area contributed by atoms with Gasteiger partial charge in [-0.25, -0.2) is 0 Å². The molecule has 0 saturated carbocycles. The van der Waals surface area contributed by atoms with E-state index in [0.29, 0.717) is 11.1 Å². The van der Waals surface area contributed by atoms with Crippen LogP contribution in [0.15, 0.2) is 96.1 Å².